The van der Waals surface area contributed by atoms with Crippen LogP contribution in [0, 0.1) is 11.8 Å². The summed E-state index contributed by atoms with van der Waals surface area (Å²) >= 11 is 0. The zero-order chi connectivity index (χ0) is 32.6. The van der Waals surface area contributed by atoms with Gasteiger partial charge in [-0.2, -0.15) is 0 Å². The lowest BCUT2D eigenvalue weighted by molar-refractivity contribution is 0.196. The second kappa shape index (κ2) is 36.0. The van der Waals surface area contributed by atoms with Crippen LogP contribution in [-0.2, 0) is 0 Å². The average Bonchev–Trinajstić information content (AvgIpc) is 3.83. The predicted molar refractivity (Wildman–Crippen MR) is 193 cm³/mol. The van der Waals surface area contributed by atoms with E-state index in [2.05, 4.69) is 80.7 Å². The Labute approximate surface area is 263 Å². The molecule has 4 saturated heterocycles. The van der Waals surface area contributed by atoms with Crippen molar-refractivity contribution in [1.82, 2.24) is 25.3 Å². The molecule has 0 bridgehead atoms. The van der Waals surface area contributed by atoms with Gasteiger partial charge in [0.05, 0.1) is 0 Å². The minimum atomic E-state index is 0.729. The van der Waals surface area contributed by atoms with Crippen LogP contribution in [0.15, 0.2) is 0 Å². The van der Waals surface area contributed by atoms with Gasteiger partial charge in [0.15, 0.2) is 0 Å². The number of hydrogen-bond donors (Lipinski definition) is 2. The first-order chi connectivity index (χ1) is 19.7. The molecule has 5 heteroatoms. The zero-order valence-electron chi connectivity index (χ0n) is 31.8. The highest BCUT2D eigenvalue weighted by Crippen LogP contribution is 2.16. The maximum absolute atomic E-state index is 3.35. The first-order valence-corrected chi connectivity index (χ1v) is 18.4. The Hall–Kier alpha value is -0.200. The van der Waals surface area contributed by atoms with E-state index in [-0.39, 0.29) is 0 Å². The smallest absolute Gasteiger partial charge is 0.0110 e. The molecule has 4 fully saturated rings. The second-order valence-electron chi connectivity index (χ2n) is 11.6. The molecule has 0 aromatic heterocycles. The lowest BCUT2D eigenvalue weighted by atomic mass is 9.96. The Morgan fingerprint density at radius 2 is 0.756 bits per heavy atom. The third kappa shape index (κ3) is 28.3. The van der Waals surface area contributed by atoms with Gasteiger partial charge in [0.2, 0.25) is 0 Å². The third-order valence-electron chi connectivity index (χ3n) is 7.67. The fourth-order valence-electron chi connectivity index (χ4n) is 4.96. The molecule has 0 spiro atoms. The summed E-state index contributed by atoms with van der Waals surface area (Å²) in [6, 6.07) is 2.28. The molecule has 4 heterocycles. The van der Waals surface area contributed by atoms with Gasteiger partial charge >= 0.3 is 0 Å². The molecule has 0 saturated carbocycles. The Balaban J connectivity index is -0.000000206. The Bertz CT molecular complexity index is 382. The first kappa shape index (κ1) is 47.7. The molecule has 4 aliphatic heterocycles. The molecular formula is C36H85N5. The molecule has 0 aromatic carbocycles. The minimum absolute atomic E-state index is 0.729. The van der Waals surface area contributed by atoms with Crippen molar-refractivity contribution in [3.8, 4) is 0 Å². The van der Waals surface area contributed by atoms with Crippen molar-refractivity contribution < 1.29 is 0 Å². The highest BCUT2D eigenvalue weighted by Gasteiger charge is 2.17. The minimum Gasteiger partial charge on any atom is -0.316 e. The van der Waals surface area contributed by atoms with E-state index in [0.717, 1.165) is 43.1 Å². The molecule has 0 aliphatic carbocycles. The summed E-state index contributed by atoms with van der Waals surface area (Å²) in [5.74, 6) is 1.83. The number of piperazine rings is 1. The van der Waals surface area contributed by atoms with Crippen LogP contribution in [0.2, 0.25) is 0 Å². The fraction of sp³-hybridized carbons (Fsp3) is 1.00. The van der Waals surface area contributed by atoms with E-state index in [1.807, 2.05) is 55.4 Å². The molecule has 4 rings (SSSR count). The Morgan fingerprint density at radius 1 is 0.439 bits per heavy atom. The van der Waals surface area contributed by atoms with Gasteiger partial charge < -0.3 is 20.4 Å². The average molecular weight is 588 g/mol. The predicted octanol–water partition coefficient (Wildman–Crippen LogP) is 8.64. The maximum Gasteiger partial charge on any atom is 0.0110 e. The van der Waals surface area contributed by atoms with Gasteiger partial charge in [-0.05, 0) is 125 Å². The topological polar surface area (TPSA) is 33.8 Å². The van der Waals surface area contributed by atoms with Crippen molar-refractivity contribution in [2.45, 2.75) is 161 Å². The van der Waals surface area contributed by atoms with Crippen molar-refractivity contribution >= 4 is 0 Å². The lowest BCUT2D eigenvalue weighted by Crippen LogP contribution is -2.46. The van der Waals surface area contributed by atoms with E-state index in [9.17, 15) is 0 Å². The highest BCUT2D eigenvalue weighted by molar-refractivity contribution is 4.73. The molecular weight excluding hydrogens is 502 g/mol. The quantitative estimate of drug-likeness (QED) is 0.344. The molecule has 2 N–H and O–H groups in total. The molecule has 1 atom stereocenters. The number of nitrogens with zero attached hydrogens (tertiary/aromatic N) is 3. The van der Waals surface area contributed by atoms with E-state index in [1.54, 1.807) is 0 Å². The zero-order valence-corrected chi connectivity index (χ0v) is 31.8. The van der Waals surface area contributed by atoms with Crippen molar-refractivity contribution in [2.24, 2.45) is 11.8 Å². The summed E-state index contributed by atoms with van der Waals surface area (Å²) in [5.41, 5.74) is 0. The number of likely N-dealkylation sites (tertiary alicyclic amines) is 2. The second-order valence-corrected chi connectivity index (χ2v) is 11.6. The summed E-state index contributed by atoms with van der Waals surface area (Å²) < 4.78 is 0. The lowest BCUT2D eigenvalue weighted by Gasteiger charge is -2.30. The van der Waals surface area contributed by atoms with Gasteiger partial charge in [-0.1, -0.05) is 69.2 Å². The van der Waals surface area contributed by atoms with Crippen molar-refractivity contribution in [3.05, 3.63) is 0 Å². The van der Waals surface area contributed by atoms with Gasteiger partial charge in [-0.25, -0.2) is 0 Å². The van der Waals surface area contributed by atoms with Crippen LogP contribution in [0.1, 0.15) is 143 Å². The molecule has 5 nitrogen and oxygen atoms in total. The molecule has 1 unspecified atom stereocenters. The Morgan fingerprint density at radius 3 is 0.927 bits per heavy atom. The largest absolute Gasteiger partial charge is 0.316 e. The summed E-state index contributed by atoms with van der Waals surface area (Å²) in [7, 11) is 0. The van der Waals surface area contributed by atoms with Crippen LogP contribution >= 0.6 is 0 Å². The molecule has 41 heavy (non-hydrogen) atoms. The van der Waals surface area contributed by atoms with E-state index in [0.29, 0.717) is 0 Å². The third-order valence-corrected chi connectivity index (χ3v) is 7.67. The van der Waals surface area contributed by atoms with Gasteiger partial charge in [-0.3, -0.25) is 4.90 Å². The number of rotatable bonds is 4. The summed E-state index contributed by atoms with van der Waals surface area (Å²) in [4.78, 5) is 7.55. The number of hydrogen-bond acceptors (Lipinski definition) is 5. The van der Waals surface area contributed by atoms with Gasteiger partial charge in [0, 0.05) is 44.3 Å². The van der Waals surface area contributed by atoms with Crippen molar-refractivity contribution in [3.63, 3.8) is 0 Å². The van der Waals surface area contributed by atoms with Gasteiger partial charge in [0.25, 0.3) is 0 Å². The van der Waals surface area contributed by atoms with E-state index >= 15 is 0 Å². The summed E-state index contributed by atoms with van der Waals surface area (Å²) in [6.45, 7) is 46.8. The Kier molecular flexibility index (Phi) is 41.9. The van der Waals surface area contributed by atoms with Crippen LogP contribution < -0.4 is 10.6 Å². The normalized spacial score (nSPS) is 20.3. The summed E-state index contributed by atoms with van der Waals surface area (Å²) in [5, 5.41) is 6.68. The van der Waals surface area contributed by atoms with Crippen LogP contribution in [0.3, 0.4) is 0 Å². The van der Waals surface area contributed by atoms with Crippen LogP contribution in [0.25, 0.3) is 0 Å². The number of nitrogens with one attached hydrogen (secondary N) is 2. The van der Waals surface area contributed by atoms with Crippen molar-refractivity contribution in [1.29, 1.82) is 0 Å². The summed E-state index contributed by atoms with van der Waals surface area (Å²) in [6.07, 6.45) is 7.05. The SMILES string of the molecule is CC.CC.CC.CC.CC(C)C1CCNC1.CC(C)N1CCCC1.CC(C)N1CCCC1.CC(C)N1CCNCC1. The van der Waals surface area contributed by atoms with Crippen LogP contribution in [0.4, 0.5) is 0 Å². The maximum atomic E-state index is 3.35. The van der Waals surface area contributed by atoms with E-state index < -0.39 is 0 Å². The van der Waals surface area contributed by atoms with Crippen LogP contribution in [-0.4, -0.2) is 98.3 Å². The highest BCUT2D eigenvalue weighted by atomic mass is 15.2. The van der Waals surface area contributed by atoms with E-state index in [1.165, 1.54) is 84.5 Å². The monoisotopic (exact) mass is 588 g/mol. The first-order valence-electron chi connectivity index (χ1n) is 18.4. The van der Waals surface area contributed by atoms with Crippen LogP contribution in [0.5, 0.6) is 0 Å². The molecule has 0 amide bonds. The molecule has 0 radical (unpaired) electrons. The standard InChI is InChI=1S/C7H16N2.3C7H15N.4C2H6/c1-7(2)9-5-3-8-4-6-9;1-6(2)7-3-4-8-5-7;2*1-7(2)8-5-3-4-6-8;4*1-2/h7-8H,3-6H2,1-2H3;6-8H,3-5H2,1-2H3;2*7H,3-6H2,1-2H3;4*1-2H3. The van der Waals surface area contributed by atoms with Gasteiger partial charge in [-0.15, -0.1) is 0 Å². The molecule has 254 valence electrons. The van der Waals surface area contributed by atoms with Gasteiger partial charge in [0.1, 0.15) is 0 Å². The fourth-order valence-corrected chi connectivity index (χ4v) is 4.96. The molecule has 0 aromatic rings. The van der Waals surface area contributed by atoms with E-state index in [4.69, 9.17) is 0 Å². The molecule has 4 aliphatic rings. The van der Waals surface area contributed by atoms with Crippen molar-refractivity contribution in [2.75, 3.05) is 65.4 Å².